The molecule has 1 fully saturated rings. The molecule has 0 aliphatic carbocycles. The van der Waals surface area contributed by atoms with Crippen molar-refractivity contribution in [3.63, 3.8) is 0 Å². The quantitative estimate of drug-likeness (QED) is 0.685. The second kappa shape index (κ2) is 4.33. The number of ether oxygens (including phenoxy) is 1. The van der Waals surface area contributed by atoms with Crippen molar-refractivity contribution in [2.24, 2.45) is 0 Å². The third-order valence-corrected chi connectivity index (χ3v) is 2.71. The van der Waals surface area contributed by atoms with Crippen molar-refractivity contribution < 1.29 is 9.84 Å². The summed E-state index contributed by atoms with van der Waals surface area (Å²) in [5, 5.41) is 10.3. The van der Waals surface area contributed by atoms with Crippen LogP contribution in [0, 0.1) is 11.8 Å². The SMILES string of the molecule is CC#CCCC1(O)CCOC(C)(C)C1. The molecule has 1 N–H and O–H groups in total. The second-order valence-electron chi connectivity index (χ2n) is 4.69. The minimum atomic E-state index is -0.564. The van der Waals surface area contributed by atoms with E-state index in [0.717, 1.165) is 19.3 Å². The van der Waals surface area contributed by atoms with E-state index in [1.165, 1.54) is 0 Å². The van der Waals surface area contributed by atoms with E-state index < -0.39 is 5.60 Å². The molecule has 1 aliphatic heterocycles. The highest BCUT2D eigenvalue weighted by Crippen LogP contribution is 2.34. The van der Waals surface area contributed by atoms with Crippen LogP contribution in [-0.4, -0.2) is 22.9 Å². The van der Waals surface area contributed by atoms with Gasteiger partial charge >= 0.3 is 0 Å². The molecule has 1 saturated heterocycles. The molecule has 0 aromatic rings. The Hall–Kier alpha value is -0.520. The van der Waals surface area contributed by atoms with Crippen LogP contribution in [-0.2, 0) is 4.74 Å². The standard InChI is InChI=1S/C12H20O2/c1-4-5-6-7-12(13)8-9-14-11(2,3)10-12/h13H,6-10H2,1-3H3. The first-order valence-electron chi connectivity index (χ1n) is 5.23. The smallest absolute Gasteiger partial charge is 0.0706 e. The Bertz CT molecular complexity index is 247. The fraction of sp³-hybridized carbons (Fsp3) is 0.833. The fourth-order valence-electron chi connectivity index (χ4n) is 2.08. The summed E-state index contributed by atoms with van der Waals surface area (Å²) in [5.74, 6) is 5.85. The van der Waals surface area contributed by atoms with Gasteiger partial charge in [0.05, 0.1) is 17.8 Å². The average Bonchev–Trinajstić information content (AvgIpc) is 2.01. The molecule has 0 spiro atoms. The molecule has 2 nitrogen and oxygen atoms in total. The van der Waals surface area contributed by atoms with Gasteiger partial charge in [-0.1, -0.05) is 0 Å². The molecule has 1 aliphatic rings. The summed E-state index contributed by atoms with van der Waals surface area (Å²) in [6.45, 7) is 6.55. The number of hydrogen-bond acceptors (Lipinski definition) is 2. The normalized spacial score (nSPS) is 30.6. The summed E-state index contributed by atoms with van der Waals surface area (Å²) in [7, 11) is 0. The largest absolute Gasteiger partial charge is 0.390 e. The van der Waals surface area contributed by atoms with Gasteiger partial charge in [0.1, 0.15) is 0 Å². The molecule has 2 heteroatoms. The highest BCUT2D eigenvalue weighted by molar-refractivity contribution is 4.99. The van der Waals surface area contributed by atoms with Crippen LogP contribution in [0.2, 0.25) is 0 Å². The molecule has 0 bridgehead atoms. The van der Waals surface area contributed by atoms with Crippen LogP contribution in [0.4, 0.5) is 0 Å². The van der Waals surface area contributed by atoms with E-state index in [0.29, 0.717) is 13.0 Å². The summed E-state index contributed by atoms with van der Waals surface area (Å²) < 4.78 is 5.57. The molecular weight excluding hydrogens is 176 g/mol. The molecule has 0 radical (unpaired) electrons. The van der Waals surface area contributed by atoms with Gasteiger partial charge in [-0.05, 0) is 33.6 Å². The van der Waals surface area contributed by atoms with Gasteiger partial charge in [-0.15, -0.1) is 11.8 Å². The van der Waals surface area contributed by atoms with E-state index in [1.54, 1.807) is 0 Å². The van der Waals surface area contributed by atoms with Crippen LogP contribution in [0.25, 0.3) is 0 Å². The van der Waals surface area contributed by atoms with Crippen molar-refractivity contribution >= 4 is 0 Å². The minimum Gasteiger partial charge on any atom is -0.390 e. The van der Waals surface area contributed by atoms with Crippen LogP contribution >= 0.6 is 0 Å². The van der Waals surface area contributed by atoms with Gasteiger partial charge in [0, 0.05) is 12.8 Å². The third kappa shape index (κ3) is 3.32. The van der Waals surface area contributed by atoms with E-state index >= 15 is 0 Å². The molecule has 1 atom stereocenters. The fourth-order valence-corrected chi connectivity index (χ4v) is 2.08. The van der Waals surface area contributed by atoms with Gasteiger partial charge in [0.15, 0.2) is 0 Å². The molecular formula is C12H20O2. The second-order valence-corrected chi connectivity index (χ2v) is 4.69. The summed E-state index contributed by atoms with van der Waals surface area (Å²) in [5.41, 5.74) is -0.752. The lowest BCUT2D eigenvalue weighted by molar-refractivity contribution is -0.145. The van der Waals surface area contributed by atoms with Crippen molar-refractivity contribution in [2.45, 2.75) is 57.7 Å². The lowest BCUT2D eigenvalue weighted by Crippen LogP contribution is -2.45. The molecule has 0 aromatic heterocycles. The topological polar surface area (TPSA) is 29.5 Å². The van der Waals surface area contributed by atoms with E-state index in [9.17, 15) is 5.11 Å². The molecule has 0 aromatic carbocycles. The van der Waals surface area contributed by atoms with Crippen molar-refractivity contribution in [1.29, 1.82) is 0 Å². The van der Waals surface area contributed by atoms with Gasteiger partial charge < -0.3 is 9.84 Å². The Morgan fingerprint density at radius 1 is 1.43 bits per heavy atom. The molecule has 1 heterocycles. The monoisotopic (exact) mass is 196 g/mol. The van der Waals surface area contributed by atoms with E-state index in [-0.39, 0.29) is 5.60 Å². The number of hydrogen-bond donors (Lipinski definition) is 1. The van der Waals surface area contributed by atoms with Crippen LogP contribution in [0.5, 0.6) is 0 Å². The Morgan fingerprint density at radius 3 is 2.71 bits per heavy atom. The summed E-state index contributed by atoms with van der Waals surface area (Å²) in [4.78, 5) is 0. The Morgan fingerprint density at radius 2 is 2.14 bits per heavy atom. The maximum atomic E-state index is 10.3. The van der Waals surface area contributed by atoms with Crippen LogP contribution in [0.3, 0.4) is 0 Å². The highest BCUT2D eigenvalue weighted by atomic mass is 16.5. The average molecular weight is 196 g/mol. The lowest BCUT2D eigenvalue weighted by Gasteiger charge is -2.41. The Kier molecular flexibility index (Phi) is 3.58. The van der Waals surface area contributed by atoms with E-state index in [2.05, 4.69) is 11.8 Å². The minimum absolute atomic E-state index is 0.188. The Balaban J connectivity index is 2.50. The molecule has 80 valence electrons. The molecule has 0 saturated carbocycles. The zero-order valence-corrected chi connectivity index (χ0v) is 9.39. The van der Waals surface area contributed by atoms with Gasteiger partial charge in [-0.2, -0.15) is 0 Å². The van der Waals surface area contributed by atoms with Crippen LogP contribution in [0.1, 0.15) is 46.5 Å². The van der Waals surface area contributed by atoms with Gasteiger partial charge in [0.25, 0.3) is 0 Å². The molecule has 14 heavy (non-hydrogen) atoms. The summed E-state index contributed by atoms with van der Waals surface area (Å²) in [6.07, 6.45) is 3.00. The first kappa shape index (κ1) is 11.6. The Labute approximate surface area is 86.7 Å². The first-order chi connectivity index (χ1) is 6.47. The van der Waals surface area contributed by atoms with Gasteiger partial charge in [-0.25, -0.2) is 0 Å². The first-order valence-corrected chi connectivity index (χ1v) is 5.23. The summed E-state index contributed by atoms with van der Waals surface area (Å²) in [6, 6.07) is 0. The predicted molar refractivity (Wildman–Crippen MR) is 56.9 cm³/mol. The predicted octanol–water partition coefficient (Wildman–Crippen LogP) is 2.11. The number of rotatable bonds is 2. The zero-order valence-electron chi connectivity index (χ0n) is 9.39. The maximum absolute atomic E-state index is 10.3. The lowest BCUT2D eigenvalue weighted by atomic mass is 9.81. The van der Waals surface area contributed by atoms with Crippen molar-refractivity contribution in [3.8, 4) is 11.8 Å². The van der Waals surface area contributed by atoms with E-state index in [1.807, 2.05) is 20.8 Å². The highest BCUT2D eigenvalue weighted by Gasteiger charge is 2.38. The van der Waals surface area contributed by atoms with Gasteiger partial charge in [0.2, 0.25) is 0 Å². The van der Waals surface area contributed by atoms with Crippen molar-refractivity contribution in [1.82, 2.24) is 0 Å². The van der Waals surface area contributed by atoms with Crippen molar-refractivity contribution in [3.05, 3.63) is 0 Å². The van der Waals surface area contributed by atoms with E-state index in [4.69, 9.17) is 4.74 Å². The molecule has 1 rings (SSSR count). The van der Waals surface area contributed by atoms with Gasteiger partial charge in [-0.3, -0.25) is 0 Å². The zero-order chi connectivity index (χ0) is 10.7. The summed E-state index contributed by atoms with van der Waals surface area (Å²) >= 11 is 0. The van der Waals surface area contributed by atoms with Crippen molar-refractivity contribution in [2.75, 3.05) is 6.61 Å². The number of aliphatic hydroxyl groups is 1. The van der Waals surface area contributed by atoms with Crippen LogP contribution in [0.15, 0.2) is 0 Å². The maximum Gasteiger partial charge on any atom is 0.0706 e. The third-order valence-electron chi connectivity index (χ3n) is 2.71. The molecule has 0 amide bonds. The van der Waals surface area contributed by atoms with Crippen LogP contribution < -0.4 is 0 Å². The molecule has 1 unspecified atom stereocenters.